The van der Waals surface area contributed by atoms with Gasteiger partial charge in [-0.1, -0.05) is 6.07 Å². The van der Waals surface area contributed by atoms with Crippen LogP contribution in [0.1, 0.15) is 29.9 Å². The summed E-state index contributed by atoms with van der Waals surface area (Å²) in [5, 5.41) is 13.4. The first-order chi connectivity index (χ1) is 13.7. The quantitative estimate of drug-likeness (QED) is 0.428. The van der Waals surface area contributed by atoms with Gasteiger partial charge in [-0.25, -0.2) is 27.5 Å². The van der Waals surface area contributed by atoms with Gasteiger partial charge in [0.15, 0.2) is 15.7 Å². The van der Waals surface area contributed by atoms with Crippen molar-refractivity contribution in [2.75, 3.05) is 33.4 Å². The Bertz CT molecular complexity index is 1050. The fourth-order valence-corrected chi connectivity index (χ4v) is 7.02. The number of benzene rings is 1. The van der Waals surface area contributed by atoms with Gasteiger partial charge in [-0.2, -0.15) is 0 Å². The third kappa shape index (κ3) is 3.62. The molecule has 1 aromatic rings. The third-order valence-electron chi connectivity index (χ3n) is 5.51. The Morgan fingerprint density at radius 2 is 1.86 bits per heavy atom. The Labute approximate surface area is 169 Å². The monoisotopic (exact) mass is 444 g/mol. The molecule has 0 spiro atoms. The fraction of sp³-hybridized carbons (Fsp3) is 0.562. The van der Waals surface area contributed by atoms with Crippen molar-refractivity contribution in [3.63, 3.8) is 0 Å². The average Bonchev–Trinajstić information content (AvgIpc) is 3.04. The maximum absolute atomic E-state index is 13.2. The molecule has 5 N–H and O–H groups in total. The van der Waals surface area contributed by atoms with Crippen LogP contribution in [0.4, 0.5) is 0 Å². The Hall–Kier alpha value is -1.77. The first kappa shape index (κ1) is 20.5. The van der Waals surface area contributed by atoms with Gasteiger partial charge >= 0.3 is 0 Å². The van der Waals surface area contributed by atoms with Crippen molar-refractivity contribution in [1.29, 1.82) is 0 Å². The number of hydrazone groups is 1. The van der Waals surface area contributed by atoms with Crippen molar-refractivity contribution < 1.29 is 21.6 Å². The number of nitrogens with one attached hydrogen (secondary N) is 3. The van der Waals surface area contributed by atoms with Gasteiger partial charge in [0.25, 0.3) is 0 Å². The maximum atomic E-state index is 13.2. The van der Waals surface area contributed by atoms with Gasteiger partial charge in [-0.05, 0) is 30.4 Å². The van der Waals surface area contributed by atoms with E-state index < -0.39 is 30.0 Å². The number of hydrogen-bond acceptors (Lipinski definition) is 10. The molecule has 0 aliphatic carbocycles. The number of sulfonamides is 1. The van der Waals surface area contributed by atoms with E-state index in [1.807, 2.05) is 0 Å². The summed E-state index contributed by atoms with van der Waals surface area (Å²) < 4.78 is 57.1. The molecule has 0 amide bonds. The molecule has 2 fully saturated rings. The molecule has 4 rings (SSSR count). The lowest BCUT2D eigenvalue weighted by molar-refractivity contribution is 0.0852. The number of primary sulfonamides is 1. The van der Waals surface area contributed by atoms with Crippen molar-refractivity contribution in [3.05, 3.63) is 23.3 Å². The van der Waals surface area contributed by atoms with Gasteiger partial charge in [-0.15, -0.1) is 10.6 Å². The van der Waals surface area contributed by atoms with Crippen LogP contribution in [0.15, 0.2) is 27.0 Å². The van der Waals surface area contributed by atoms with E-state index in [4.69, 9.17) is 9.88 Å². The predicted molar refractivity (Wildman–Crippen MR) is 105 cm³/mol. The van der Waals surface area contributed by atoms with Crippen LogP contribution >= 0.6 is 0 Å². The topological polar surface area (TPSA) is 155 Å². The van der Waals surface area contributed by atoms with E-state index in [1.54, 1.807) is 13.1 Å². The second-order valence-electron chi connectivity index (χ2n) is 7.33. The number of nitrogens with two attached hydrogens (primary N) is 1. The Balaban J connectivity index is 2.00. The standard InChI is InChI=1S/C16H24N6O5S2/c1-22-16(19-20-21-22)14-12(10-4-6-27-7-5-10)2-3-13(15(14)29(17,25)26)28(23,24)11-8-18-9-11/h2-3,10-11,18,20-21H,4-9H2,1H3,(H2,17,25,26). The molecule has 3 heterocycles. The van der Waals surface area contributed by atoms with Crippen molar-refractivity contribution in [3.8, 4) is 0 Å². The normalized spacial score (nSPS) is 21.6. The summed E-state index contributed by atoms with van der Waals surface area (Å²) in [7, 11) is -6.63. The third-order valence-corrected chi connectivity index (χ3v) is 8.80. The molecule has 0 atom stereocenters. The smallest absolute Gasteiger partial charge is 0.240 e. The molecular formula is C16H24N6O5S2. The minimum Gasteiger partial charge on any atom is -0.381 e. The number of amidine groups is 1. The zero-order valence-electron chi connectivity index (χ0n) is 15.9. The lowest BCUT2D eigenvalue weighted by Gasteiger charge is -2.30. The lowest BCUT2D eigenvalue weighted by Crippen LogP contribution is -2.51. The maximum Gasteiger partial charge on any atom is 0.240 e. The van der Waals surface area contributed by atoms with E-state index in [9.17, 15) is 16.8 Å². The van der Waals surface area contributed by atoms with Crippen LogP contribution in [-0.2, 0) is 24.6 Å². The molecule has 29 heavy (non-hydrogen) atoms. The highest BCUT2D eigenvalue weighted by molar-refractivity contribution is 7.94. The summed E-state index contributed by atoms with van der Waals surface area (Å²) in [5.74, 6) is 0.261. The van der Waals surface area contributed by atoms with Crippen molar-refractivity contribution >= 4 is 25.7 Å². The summed E-state index contributed by atoms with van der Waals surface area (Å²) in [6.07, 6.45) is 1.38. The van der Waals surface area contributed by atoms with Gasteiger partial charge in [0.05, 0.1) is 10.1 Å². The largest absolute Gasteiger partial charge is 0.381 e. The number of hydrogen-bond donors (Lipinski definition) is 4. The highest BCUT2D eigenvalue weighted by Crippen LogP contribution is 2.37. The summed E-state index contributed by atoms with van der Waals surface area (Å²) in [6, 6.07) is 3.06. The second-order valence-corrected chi connectivity index (χ2v) is 11.0. The molecule has 0 bridgehead atoms. The molecule has 0 saturated carbocycles. The fourth-order valence-electron chi connectivity index (χ4n) is 3.83. The Morgan fingerprint density at radius 1 is 1.17 bits per heavy atom. The number of ether oxygens (including phenoxy) is 1. The molecule has 0 aromatic heterocycles. The van der Waals surface area contributed by atoms with E-state index in [1.165, 1.54) is 11.1 Å². The van der Waals surface area contributed by atoms with E-state index in [0.717, 1.165) is 0 Å². The van der Waals surface area contributed by atoms with Crippen LogP contribution in [0.2, 0.25) is 0 Å². The van der Waals surface area contributed by atoms with Crippen LogP contribution < -0.4 is 21.5 Å². The molecule has 0 radical (unpaired) electrons. The van der Waals surface area contributed by atoms with E-state index >= 15 is 0 Å². The summed E-state index contributed by atoms with van der Waals surface area (Å²) in [6.45, 7) is 1.63. The number of hydrazine groups is 2. The second kappa shape index (κ2) is 7.49. The van der Waals surface area contributed by atoms with Gasteiger partial charge in [-0.3, -0.25) is 5.01 Å². The first-order valence-electron chi connectivity index (χ1n) is 9.25. The summed E-state index contributed by atoms with van der Waals surface area (Å²) in [5.41, 5.74) is 6.23. The minimum absolute atomic E-state index is 0.00178. The summed E-state index contributed by atoms with van der Waals surface area (Å²) >= 11 is 0. The first-order valence-corrected chi connectivity index (χ1v) is 12.3. The molecule has 13 heteroatoms. The number of rotatable bonds is 5. The predicted octanol–water partition coefficient (Wildman–Crippen LogP) is -1.41. The van der Waals surface area contributed by atoms with Crippen molar-refractivity contribution in [2.24, 2.45) is 10.2 Å². The van der Waals surface area contributed by atoms with Gasteiger partial charge in [0, 0.05) is 38.9 Å². The highest BCUT2D eigenvalue weighted by atomic mass is 32.2. The average molecular weight is 445 g/mol. The minimum atomic E-state index is -4.38. The Morgan fingerprint density at radius 3 is 2.38 bits per heavy atom. The van der Waals surface area contributed by atoms with Crippen LogP contribution in [0.5, 0.6) is 0 Å². The van der Waals surface area contributed by atoms with Gasteiger partial charge in [0.2, 0.25) is 10.0 Å². The molecular weight excluding hydrogens is 420 g/mol. The van der Waals surface area contributed by atoms with E-state index in [0.29, 0.717) is 31.6 Å². The molecule has 11 nitrogen and oxygen atoms in total. The molecule has 2 saturated heterocycles. The van der Waals surface area contributed by atoms with Gasteiger partial charge in [0.1, 0.15) is 4.90 Å². The summed E-state index contributed by atoms with van der Waals surface area (Å²) in [4.78, 5) is -0.676. The molecule has 0 unspecified atom stereocenters. The Kier molecular flexibility index (Phi) is 5.29. The van der Waals surface area contributed by atoms with Crippen LogP contribution in [0.25, 0.3) is 0 Å². The molecule has 160 valence electrons. The molecule has 3 aliphatic rings. The molecule has 1 aromatic carbocycles. The van der Waals surface area contributed by atoms with Crippen molar-refractivity contribution in [1.82, 2.24) is 21.4 Å². The highest BCUT2D eigenvalue weighted by Gasteiger charge is 2.40. The lowest BCUT2D eigenvalue weighted by atomic mass is 9.87. The number of nitrogens with zero attached hydrogens (tertiary/aromatic N) is 2. The zero-order valence-corrected chi connectivity index (χ0v) is 17.5. The van der Waals surface area contributed by atoms with Crippen LogP contribution in [0, 0.1) is 0 Å². The molecule has 3 aliphatic heterocycles. The SMILES string of the molecule is CN1NNN=C1c1c(C2CCOCC2)ccc(S(=O)(=O)C2CNC2)c1S(N)(=O)=O. The number of sulfone groups is 1. The van der Waals surface area contributed by atoms with E-state index in [2.05, 4.69) is 21.5 Å². The van der Waals surface area contributed by atoms with Crippen LogP contribution in [-0.4, -0.2) is 66.3 Å². The van der Waals surface area contributed by atoms with Gasteiger partial charge < -0.3 is 10.1 Å². The van der Waals surface area contributed by atoms with Crippen molar-refractivity contribution in [2.45, 2.75) is 33.8 Å². The zero-order chi connectivity index (χ0) is 20.8. The van der Waals surface area contributed by atoms with E-state index in [-0.39, 0.29) is 35.3 Å². The van der Waals surface area contributed by atoms with Crippen LogP contribution in [0.3, 0.4) is 0 Å².